The molecule has 1 aromatic rings. The Balaban J connectivity index is 2.44. The fourth-order valence-electron chi connectivity index (χ4n) is 1.97. The van der Waals surface area contributed by atoms with Gasteiger partial charge < -0.3 is 9.64 Å². The third-order valence-corrected chi connectivity index (χ3v) is 3.61. The van der Waals surface area contributed by atoms with Crippen molar-refractivity contribution < 1.29 is 9.64 Å². The Morgan fingerprint density at radius 1 is 1.17 bits per heavy atom. The van der Waals surface area contributed by atoms with E-state index < -0.39 is 0 Å². The summed E-state index contributed by atoms with van der Waals surface area (Å²) < 4.78 is 5.76. The van der Waals surface area contributed by atoms with Crippen LogP contribution in [0.2, 0.25) is 10.0 Å². The number of aryl methyl sites for hydroxylation is 1. The monoisotopic (exact) mass is 290 g/mol. The summed E-state index contributed by atoms with van der Waals surface area (Å²) in [4.78, 5) is 1.59. The standard InChI is InChI=1S/C14H21Cl2NO/c1-4-17(5-2)7-6-8-18-14-11(3)9-12(15)10-13(14)16/h9-10H,4-8H2,1-3H3/p+1. The first-order chi connectivity index (χ1) is 8.58. The number of halogens is 2. The minimum absolute atomic E-state index is 0.593. The zero-order valence-corrected chi connectivity index (χ0v) is 12.9. The van der Waals surface area contributed by atoms with E-state index in [0.717, 1.165) is 37.4 Å². The molecular formula is C14H22Cl2NO+. The smallest absolute Gasteiger partial charge is 0.140 e. The summed E-state index contributed by atoms with van der Waals surface area (Å²) in [5.41, 5.74) is 0.989. The molecule has 18 heavy (non-hydrogen) atoms. The Labute approximate surface area is 120 Å². The highest BCUT2D eigenvalue weighted by Gasteiger charge is 2.08. The number of hydrogen-bond acceptors (Lipinski definition) is 1. The van der Waals surface area contributed by atoms with Crippen molar-refractivity contribution in [3.63, 3.8) is 0 Å². The normalized spacial score (nSPS) is 11.0. The molecule has 0 unspecified atom stereocenters. The van der Waals surface area contributed by atoms with Gasteiger partial charge in [0, 0.05) is 11.4 Å². The van der Waals surface area contributed by atoms with Crippen molar-refractivity contribution >= 4 is 23.2 Å². The summed E-state index contributed by atoms with van der Waals surface area (Å²) in [6.07, 6.45) is 1.04. The number of hydrogen-bond donors (Lipinski definition) is 1. The predicted molar refractivity (Wildman–Crippen MR) is 78.2 cm³/mol. The van der Waals surface area contributed by atoms with Crippen molar-refractivity contribution in [2.75, 3.05) is 26.2 Å². The SMILES string of the molecule is CC[NH+](CC)CCCOc1c(C)cc(Cl)cc1Cl. The molecular weight excluding hydrogens is 269 g/mol. The van der Waals surface area contributed by atoms with Gasteiger partial charge in [-0.1, -0.05) is 23.2 Å². The van der Waals surface area contributed by atoms with Gasteiger partial charge in [-0.15, -0.1) is 0 Å². The molecule has 1 rings (SSSR count). The molecule has 0 bridgehead atoms. The number of nitrogens with one attached hydrogen (secondary N) is 1. The zero-order chi connectivity index (χ0) is 13.5. The van der Waals surface area contributed by atoms with E-state index >= 15 is 0 Å². The molecule has 0 radical (unpaired) electrons. The van der Waals surface area contributed by atoms with Gasteiger partial charge in [0.2, 0.25) is 0 Å². The summed E-state index contributed by atoms with van der Waals surface area (Å²) in [6, 6.07) is 3.60. The molecule has 102 valence electrons. The number of ether oxygens (including phenoxy) is 1. The van der Waals surface area contributed by atoms with Crippen LogP contribution in [0, 0.1) is 6.92 Å². The van der Waals surface area contributed by atoms with E-state index in [9.17, 15) is 0 Å². The predicted octanol–water partition coefficient (Wildman–Crippen LogP) is 3.00. The van der Waals surface area contributed by atoms with Crippen LogP contribution < -0.4 is 9.64 Å². The third-order valence-electron chi connectivity index (χ3n) is 3.12. The molecule has 0 aliphatic carbocycles. The minimum atomic E-state index is 0.593. The zero-order valence-electron chi connectivity index (χ0n) is 11.4. The maximum absolute atomic E-state index is 6.12. The van der Waals surface area contributed by atoms with Crippen LogP contribution in [0.3, 0.4) is 0 Å². The molecule has 1 N–H and O–H groups in total. The van der Waals surface area contributed by atoms with E-state index in [4.69, 9.17) is 27.9 Å². The Hall–Kier alpha value is -0.440. The first-order valence-corrected chi connectivity index (χ1v) is 7.26. The Morgan fingerprint density at radius 2 is 1.83 bits per heavy atom. The lowest BCUT2D eigenvalue weighted by molar-refractivity contribution is -0.896. The van der Waals surface area contributed by atoms with Gasteiger partial charge in [0.25, 0.3) is 0 Å². The first-order valence-electron chi connectivity index (χ1n) is 6.50. The molecule has 0 atom stereocenters. The van der Waals surface area contributed by atoms with E-state index in [1.54, 1.807) is 11.0 Å². The quantitative estimate of drug-likeness (QED) is 0.762. The maximum atomic E-state index is 6.12. The van der Waals surface area contributed by atoms with E-state index in [-0.39, 0.29) is 0 Å². The lowest BCUT2D eigenvalue weighted by Crippen LogP contribution is -3.11. The van der Waals surface area contributed by atoms with Crippen LogP contribution in [0.5, 0.6) is 5.75 Å². The third kappa shape index (κ3) is 4.68. The molecule has 0 saturated heterocycles. The van der Waals surface area contributed by atoms with Crippen LogP contribution in [0.25, 0.3) is 0 Å². The van der Waals surface area contributed by atoms with Gasteiger partial charge in [-0.05, 0) is 38.5 Å². The van der Waals surface area contributed by atoms with Crippen LogP contribution in [0.4, 0.5) is 0 Å². The van der Waals surface area contributed by atoms with Crippen molar-refractivity contribution in [1.29, 1.82) is 0 Å². The number of rotatable bonds is 7. The second-order valence-corrected chi connectivity index (χ2v) is 5.29. The number of quaternary nitrogens is 1. The number of benzene rings is 1. The minimum Gasteiger partial charge on any atom is -0.492 e. The van der Waals surface area contributed by atoms with Crippen LogP contribution in [-0.4, -0.2) is 26.2 Å². The molecule has 1 aromatic carbocycles. The van der Waals surface area contributed by atoms with Crippen molar-refractivity contribution in [3.05, 3.63) is 27.7 Å². The van der Waals surface area contributed by atoms with E-state index in [1.807, 2.05) is 13.0 Å². The second-order valence-electron chi connectivity index (χ2n) is 4.44. The van der Waals surface area contributed by atoms with Gasteiger partial charge in [-0.3, -0.25) is 0 Å². The summed E-state index contributed by atoms with van der Waals surface area (Å²) in [5.74, 6) is 0.760. The molecule has 0 aliphatic heterocycles. The van der Waals surface area contributed by atoms with Crippen molar-refractivity contribution in [3.8, 4) is 5.75 Å². The first kappa shape index (κ1) is 15.6. The van der Waals surface area contributed by atoms with Crippen LogP contribution >= 0.6 is 23.2 Å². The summed E-state index contributed by atoms with van der Waals surface area (Å²) in [6.45, 7) is 10.5. The maximum Gasteiger partial charge on any atom is 0.140 e. The van der Waals surface area contributed by atoms with Gasteiger partial charge in [0.1, 0.15) is 5.75 Å². The molecule has 2 nitrogen and oxygen atoms in total. The molecule has 0 aromatic heterocycles. The topological polar surface area (TPSA) is 13.7 Å². The Kier molecular flexibility index (Phi) is 6.83. The molecule has 0 saturated carbocycles. The highest BCUT2D eigenvalue weighted by atomic mass is 35.5. The van der Waals surface area contributed by atoms with E-state index in [2.05, 4.69) is 13.8 Å². The van der Waals surface area contributed by atoms with Gasteiger partial charge in [0.15, 0.2) is 0 Å². The highest BCUT2D eigenvalue weighted by molar-refractivity contribution is 6.35. The van der Waals surface area contributed by atoms with E-state index in [0.29, 0.717) is 16.7 Å². The van der Waals surface area contributed by atoms with Gasteiger partial charge in [-0.2, -0.15) is 0 Å². The van der Waals surface area contributed by atoms with Crippen LogP contribution in [0.15, 0.2) is 12.1 Å². The van der Waals surface area contributed by atoms with Crippen LogP contribution in [-0.2, 0) is 0 Å². The lowest BCUT2D eigenvalue weighted by Gasteiger charge is -2.16. The highest BCUT2D eigenvalue weighted by Crippen LogP contribution is 2.31. The average Bonchev–Trinajstić information content (AvgIpc) is 2.32. The largest absolute Gasteiger partial charge is 0.492 e. The Bertz CT molecular complexity index is 355. The van der Waals surface area contributed by atoms with Crippen molar-refractivity contribution in [1.82, 2.24) is 0 Å². The van der Waals surface area contributed by atoms with E-state index in [1.165, 1.54) is 0 Å². The molecule has 0 fully saturated rings. The van der Waals surface area contributed by atoms with Gasteiger partial charge >= 0.3 is 0 Å². The summed E-state index contributed by atoms with van der Waals surface area (Å²) in [5, 5.41) is 1.24. The summed E-state index contributed by atoms with van der Waals surface area (Å²) in [7, 11) is 0. The molecule has 4 heteroatoms. The van der Waals surface area contributed by atoms with Gasteiger partial charge in [0.05, 0.1) is 31.3 Å². The average molecular weight is 291 g/mol. The molecule has 0 amide bonds. The van der Waals surface area contributed by atoms with Crippen LogP contribution in [0.1, 0.15) is 25.8 Å². The fraction of sp³-hybridized carbons (Fsp3) is 0.571. The molecule has 0 aliphatic rings. The van der Waals surface area contributed by atoms with Crippen molar-refractivity contribution in [2.45, 2.75) is 27.2 Å². The molecule has 0 heterocycles. The second kappa shape index (κ2) is 7.88. The Morgan fingerprint density at radius 3 is 2.39 bits per heavy atom. The lowest BCUT2D eigenvalue weighted by atomic mass is 10.2. The fourth-order valence-corrected chi connectivity index (χ4v) is 2.62. The molecule has 0 spiro atoms. The van der Waals surface area contributed by atoms with Crippen molar-refractivity contribution in [2.24, 2.45) is 0 Å². The van der Waals surface area contributed by atoms with Gasteiger partial charge in [-0.25, -0.2) is 0 Å². The summed E-state index contributed by atoms with van der Waals surface area (Å²) >= 11 is 12.0.